The number of likely N-dealkylation sites (tertiary alicyclic amines) is 1. The zero-order valence-corrected chi connectivity index (χ0v) is 10.6. The summed E-state index contributed by atoms with van der Waals surface area (Å²) in [6.07, 6.45) is 3.80. The van der Waals surface area contributed by atoms with Crippen LogP contribution in [0.2, 0.25) is 0 Å². The number of hydrogen-bond donors (Lipinski definition) is 1. The van der Waals surface area contributed by atoms with Gasteiger partial charge < -0.3 is 19.3 Å². The fourth-order valence-electron chi connectivity index (χ4n) is 2.31. The van der Waals surface area contributed by atoms with Crippen LogP contribution in [-0.4, -0.2) is 47.7 Å². The second-order valence-electron chi connectivity index (χ2n) is 4.56. The van der Waals surface area contributed by atoms with Gasteiger partial charge in [0.05, 0.1) is 6.61 Å². The molecule has 0 spiro atoms. The van der Waals surface area contributed by atoms with Crippen LogP contribution in [0.25, 0.3) is 0 Å². The second-order valence-corrected chi connectivity index (χ2v) is 4.56. The van der Waals surface area contributed by atoms with Crippen molar-refractivity contribution in [3.63, 3.8) is 0 Å². The van der Waals surface area contributed by atoms with Crippen molar-refractivity contribution in [2.75, 3.05) is 31.6 Å². The number of aromatic nitrogens is 1. The summed E-state index contributed by atoms with van der Waals surface area (Å²) in [4.78, 5) is 8.79. The first-order chi connectivity index (χ1) is 8.24. The molecule has 0 unspecified atom stereocenters. The van der Waals surface area contributed by atoms with Crippen molar-refractivity contribution in [1.82, 2.24) is 9.88 Å². The Morgan fingerprint density at radius 1 is 1.53 bits per heavy atom. The normalized spacial score (nSPS) is 18.5. The van der Waals surface area contributed by atoms with E-state index in [-0.39, 0.29) is 6.61 Å². The molecule has 0 saturated carbocycles. The van der Waals surface area contributed by atoms with Gasteiger partial charge in [0, 0.05) is 26.2 Å². The number of nitrogens with zero attached hydrogens (tertiary/aromatic N) is 3. The third-order valence-corrected chi connectivity index (χ3v) is 3.56. The van der Waals surface area contributed by atoms with Crippen molar-refractivity contribution in [2.45, 2.75) is 32.4 Å². The molecule has 1 N–H and O–H groups in total. The van der Waals surface area contributed by atoms with Crippen molar-refractivity contribution < 1.29 is 9.52 Å². The van der Waals surface area contributed by atoms with Crippen molar-refractivity contribution >= 4 is 6.01 Å². The van der Waals surface area contributed by atoms with E-state index in [1.165, 1.54) is 6.26 Å². The second kappa shape index (κ2) is 5.51. The first-order valence-electron chi connectivity index (χ1n) is 6.25. The van der Waals surface area contributed by atoms with Crippen molar-refractivity contribution in [1.29, 1.82) is 0 Å². The lowest BCUT2D eigenvalue weighted by molar-refractivity contribution is 0.218. The Bertz CT molecular complexity index is 345. The minimum absolute atomic E-state index is 0.0639. The van der Waals surface area contributed by atoms with Gasteiger partial charge in [-0.25, -0.2) is 0 Å². The van der Waals surface area contributed by atoms with E-state index in [2.05, 4.69) is 21.7 Å². The van der Waals surface area contributed by atoms with Gasteiger partial charge >= 0.3 is 0 Å². The molecule has 96 valence electrons. The molecule has 5 nitrogen and oxygen atoms in total. The number of anilines is 1. The average molecular weight is 239 g/mol. The smallest absolute Gasteiger partial charge is 0.297 e. The summed E-state index contributed by atoms with van der Waals surface area (Å²) in [5.74, 6) is 0. The summed E-state index contributed by atoms with van der Waals surface area (Å²) in [5.41, 5.74) is 0.595. The Labute approximate surface area is 102 Å². The van der Waals surface area contributed by atoms with Gasteiger partial charge in [-0.2, -0.15) is 4.98 Å². The highest BCUT2D eigenvalue weighted by Crippen LogP contribution is 2.21. The van der Waals surface area contributed by atoms with E-state index in [9.17, 15) is 0 Å². The molecular formula is C12H21N3O2. The van der Waals surface area contributed by atoms with Gasteiger partial charge in [-0.15, -0.1) is 0 Å². The van der Waals surface area contributed by atoms with Crippen LogP contribution in [0.3, 0.4) is 0 Å². The van der Waals surface area contributed by atoms with Gasteiger partial charge in [0.1, 0.15) is 12.0 Å². The maximum atomic E-state index is 8.96. The summed E-state index contributed by atoms with van der Waals surface area (Å²) in [6.45, 7) is 5.54. The van der Waals surface area contributed by atoms with Crippen LogP contribution in [0, 0.1) is 0 Å². The Morgan fingerprint density at radius 2 is 2.24 bits per heavy atom. The number of aliphatic hydroxyl groups excluding tert-OH is 1. The molecule has 17 heavy (non-hydrogen) atoms. The third-order valence-electron chi connectivity index (χ3n) is 3.56. The molecule has 2 rings (SSSR count). The van der Waals surface area contributed by atoms with E-state index < -0.39 is 0 Å². The molecule has 0 atom stereocenters. The maximum absolute atomic E-state index is 8.96. The molecule has 1 aromatic heterocycles. The molecule has 1 aromatic rings. The fourth-order valence-corrected chi connectivity index (χ4v) is 2.31. The van der Waals surface area contributed by atoms with Gasteiger partial charge in [0.15, 0.2) is 0 Å². The SMILES string of the molecule is CCN1CCC(N(C)c2nc(CO)co2)CC1. The fraction of sp³-hybridized carbons (Fsp3) is 0.750. The largest absolute Gasteiger partial charge is 0.432 e. The zero-order valence-electron chi connectivity index (χ0n) is 10.6. The average Bonchev–Trinajstić information content (AvgIpc) is 2.87. The highest BCUT2D eigenvalue weighted by Gasteiger charge is 2.24. The monoisotopic (exact) mass is 239 g/mol. The van der Waals surface area contributed by atoms with Gasteiger partial charge in [-0.3, -0.25) is 0 Å². The third kappa shape index (κ3) is 2.79. The van der Waals surface area contributed by atoms with Crippen LogP contribution in [0.5, 0.6) is 0 Å². The standard InChI is InChI=1S/C12H21N3O2/c1-3-15-6-4-11(5-7-15)14(2)12-13-10(8-16)9-17-12/h9,11,16H,3-8H2,1-2H3. The molecule has 5 heteroatoms. The van der Waals surface area contributed by atoms with Gasteiger partial charge in [-0.05, 0) is 19.4 Å². The zero-order chi connectivity index (χ0) is 12.3. The van der Waals surface area contributed by atoms with Crippen LogP contribution in [0.1, 0.15) is 25.5 Å². The molecule has 0 amide bonds. The molecule has 1 saturated heterocycles. The molecule has 1 fully saturated rings. The first kappa shape index (κ1) is 12.4. The number of rotatable bonds is 4. The van der Waals surface area contributed by atoms with E-state index in [1.54, 1.807) is 0 Å². The minimum atomic E-state index is -0.0639. The van der Waals surface area contributed by atoms with Gasteiger partial charge in [0.25, 0.3) is 6.01 Å². The van der Waals surface area contributed by atoms with Crippen LogP contribution in [0.15, 0.2) is 10.7 Å². The summed E-state index contributed by atoms with van der Waals surface area (Å²) >= 11 is 0. The number of hydrogen-bond acceptors (Lipinski definition) is 5. The van der Waals surface area contributed by atoms with Crippen molar-refractivity contribution in [2.24, 2.45) is 0 Å². The predicted octanol–water partition coefficient (Wildman–Crippen LogP) is 1.09. The van der Waals surface area contributed by atoms with E-state index in [4.69, 9.17) is 9.52 Å². The number of aliphatic hydroxyl groups is 1. The summed E-state index contributed by atoms with van der Waals surface area (Å²) < 4.78 is 5.36. The lowest BCUT2D eigenvalue weighted by atomic mass is 10.0. The Hall–Kier alpha value is -1.07. The Balaban J connectivity index is 1.94. The van der Waals surface area contributed by atoms with Crippen LogP contribution >= 0.6 is 0 Å². The van der Waals surface area contributed by atoms with E-state index in [1.807, 2.05) is 7.05 Å². The lowest BCUT2D eigenvalue weighted by Crippen LogP contribution is -2.43. The molecule has 1 aliphatic rings. The van der Waals surface area contributed by atoms with Crippen molar-refractivity contribution in [3.05, 3.63) is 12.0 Å². The van der Waals surface area contributed by atoms with E-state index in [0.29, 0.717) is 17.8 Å². The topological polar surface area (TPSA) is 52.7 Å². The summed E-state index contributed by atoms with van der Waals surface area (Å²) in [7, 11) is 2.01. The summed E-state index contributed by atoms with van der Waals surface area (Å²) in [6, 6.07) is 1.10. The Kier molecular flexibility index (Phi) is 4.02. The first-order valence-corrected chi connectivity index (χ1v) is 6.25. The van der Waals surface area contributed by atoms with Gasteiger partial charge in [0.2, 0.25) is 0 Å². The van der Waals surface area contributed by atoms with E-state index >= 15 is 0 Å². The molecule has 0 radical (unpaired) electrons. The molecule has 1 aliphatic heterocycles. The maximum Gasteiger partial charge on any atom is 0.297 e. The Morgan fingerprint density at radius 3 is 2.76 bits per heavy atom. The van der Waals surface area contributed by atoms with Crippen LogP contribution in [-0.2, 0) is 6.61 Å². The lowest BCUT2D eigenvalue weighted by Gasteiger charge is -2.35. The van der Waals surface area contributed by atoms with Crippen LogP contribution < -0.4 is 4.90 Å². The predicted molar refractivity (Wildman–Crippen MR) is 66.0 cm³/mol. The highest BCUT2D eigenvalue weighted by atomic mass is 16.4. The molecule has 0 aromatic carbocycles. The number of piperidine rings is 1. The van der Waals surface area contributed by atoms with Crippen LogP contribution in [0.4, 0.5) is 6.01 Å². The van der Waals surface area contributed by atoms with Crippen molar-refractivity contribution in [3.8, 4) is 0 Å². The molecular weight excluding hydrogens is 218 g/mol. The van der Waals surface area contributed by atoms with E-state index in [0.717, 1.165) is 32.5 Å². The molecule has 2 heterocycles. The highest BCUT2D eigenvalue weighted by molar-refractivity contribution is 5.27. The minimum Gasteiger partial charge on any atom is -0.432 e. The summed E-state index contributed by atoms with van der Waals surface area (Å²) in [5, 5.41) is 8.96. The molecule has 0 aliphatic carbocycles. The van der Waals surface area contributed by atoms with Gasteiger partial charge in [-0.1, -0.05) is 6.92 Å². The quantitative estimate of drug-likeness (QED) is 0.852. The molecule has 0 bridgehead atoms. The number of oxazole rings is 1.